The average Bonchev–Trinajstić information content (AvgIpc) is 1.85. The van der Waals surface area contributed by atoms with Gasteiger partial charge in [-0.25, -0.2) is 4.79 Å². The number of amides is 4. The van der Waals surface area contributed by atoms with Gasteiger partial charge in [0.05, 0.1) is 0 Å². The molecule has 0 aliphatic heterocycles. The quantitative estimate of drug-likeness (QED) is 0.341. The van der Waals surface area contributed by atoms with E-state index in [1.165, 1.54) is 7.05 Å². The van der Waals surface area contributed by atoms with Crippen LogP contribution in [-0.2, 0) is 9.59 Å². The molecule has 6 heteroatoms. The van der Waals surface area contributed by atoms with Crippen molar-refractivity contribution in [3.05, 3.63) is 0 Å². The van der Waals surface area contributed by atoms with Crippen molar-refractivity contribution in [3.63, 3.8) is 0 Å². The highest BCUT2D eigenvalue weighted by Crippen LogP contribution is 1.64. The van der Waals surface area contributed by atoms with E-state index < -0.39 is 17.8 Å². The molecular formula is C4H7N3O3. The first-order chi connectivity index (χ1) is 4.57. The molecule has 4 amide bonds. The van der Waals surface area contributed by atoms with Gasteiger partial charge in [0, 0.05) is 7.05 Å². The second-order valence-corrected chi connectivity index (χ2v) is 1.40. The lowest BCUT2D eigenvalue weighted by molar-refractivity contribution is -0.138. The molecule has 0 atom stereocenters. The lowest BCUT2D eigenvalue weighted by Gasteiger charge is -1.96. The normalized spacial score (nSPS) is 8.10. The average molecular weight is 145 g/mol. The van der Waals surface area contributed by atoms with Gasteiger partial charge in [0.1, 0.15) is 0 Å². The van der Waals surface area contributed by atoms with Gasteiger partial charge in [-0.3, -0.25) is 14.9 Å². The maximum Gasteiger partial charge on any atom is 0.319 e. The van der Waals surface area contributed by atoms with Gasteiger partial charge in [-0.05, 0) is 0 Å². The van der Waals surface area contributed by atoms with E-state index in [9.17, 15) is 14.4 Å². The maximum atomic E-state index is 10.4. The monoisotopic (exact) mass is 145 g/mol. The highest BCUT2D eigenvalue weighted by molar-refractivity contribution is 6.37. The molecule has 56 valence electrons. The van der Waals surface area contributed by atoms with Crippen LogP contribution in [0.3, 0.4) is 0 Å². The van der Waals surface area contributed by atoms with Gasteiger partial charge in [0.2, 0.25) is 0 Å². The van der Waals surface area contributed by atoms with Crippen molar-refractivity contribution in [1.29, 1.82) is 0 Å². The largest absolute Gasteiger partial charge is 0.351 e. The second-order valence-electron chi connectivity index (χ2n) is 1.40. The lowest BCUT2D eigenvalue weighted by Crippen LogP contribution is -2.43. The molecule has 0 saturated heterocycles. The lowest BCUT2D eigenvalue weighted by atomic mass is 10.5. The smallest absolute Gasteiger partial charge is 0.319 e. The van der Waals surface area contributed by atoms with E-state index in [0.29, 0.717) is 0 Å². The van der Waals surface area contributed by atoms with Crippen molar-refractivity contribution in [2.75, 3.05) is 7.05 Å². The first-order valence-corrected chi connectivity index (χ1v) is 2.40. The number of likely N-dealkylation sites (N-methyl/N-ethyl adjacent to an activating group) is 1. The molecule has 0 rings (SSSR count). The van der Waals surface area contributed by atoms with Crippen molar-refractivity contribution >= 4 is 17.8 Å². The maximum absolute atomic E-state index is 10.4. The molecule has 0 spiro atoms. The summed E-state index contributed by atoms with van der Waals surface area (Å²) in [5.41, 5.74) is 4.53. The molecule has 0 radical (unpaired) electrons. The van der Waals surface area contributed by atoms with Gasteiger partial charge in [-0.1, -0.05) is 0 Å². The minimum atomic E-state index is -1.06. The van der Waals surface area contributed by atoms with Gasteiger partial charge < -0.3 is 11.1 Å². The number of rotatable bonds is 0. The standard InChI is InChI=1S/C4H7N3O3/c1-6-2(8)3(9)7-4(5)10/h1H3,(H,6,8)(H3,5,7,9,10). The summed E-state index contributed by atoms with van der Waals surface area (Å²) >= 11 is 0. The van der Waals surface area contributed by atoms with E-state index >= 15 is 0 Å². The van der Waals surface area contributed by atoms with Crippen LogP contribution in [-0.4, -0.2) is 24.9 Å². The van der Waals surface area contributed by atoms with Crippen molar-refractivity contribution in [2.45, 2.75) is 0 Å². The van der Waals surface area contributed by atoms with Crippen LogP contribution >= 0.6 is 0 Å². The number of imide groups is 1. The van der Waals surface area contributed by atoms with Crippen molar-refractivity contribution < 1.29 is 14.4 Å². The fourth-order valence-corrected chi connectivity index (χ4v) is 0.282. The first kappa shape index (κ1) is 8.41. The Kier molecular flexibility index (Phi) is 2.89. The summed E-state index contributed by atoms with van der Waals surface area (Å²) in [5.74, 6) is -1.96. The van der Waals surface area contributed by atoms with Gasteiger partial charge in [-0.2, -0.15) is 0 Å². The van der Waals surface area contributed by atoms with E-state index in [4.69, 9.17) is 0 Å². The van der Waals surface area contributed by atoms with Crippen molar-refractivity contribution in [1.82, 2.24) is 10.6 Å². The third-order valence-corrected chi connectivity index (χ3v) is 0.670. The number of nitrogens with two attached hydrogens (primary N) is 1. The molecule has 0 aromatic carbocycles. The zero-order valence-electron chi connectivity index (χ0n) is 5.30. The summed E-state index contributed by atoms with van der Waals surface area (Å²) in [6.45, 7) is 0. The Morgan fingerprint density at radius 1 is 1.20 bits per heavy atom. The molecule has 0 aliphatic rings. The molecule has 0 saturated carbocycles. The van der Waals surface area contributed by atoms with Crippen LogP contribution in [0.4, 0.5) is 4.79 Å². The van der Waals surface area contributed by atoms with Gasteiger partial charge in [0.15, 0.2) is 0 Å². The third kappa shape index (κ3) is 2.65. The minimum absolute atomic E-state index is 0.904. The molecule has 0 fully saturated rings. The predicted molar refractivity (Wildman–Crippen MR) is 31.8 cm³/mol. The van der Waals surface area contributed by atoms with Gasteiger partial charge >= 0.3 is 17.8 Å². The number of carbonyl (C=O) groups is 3. The fourth-order valence-electron chi connectivity index (χ4n) is 0.282. The van der Waals surface area contributed by atoms with Gasteiger partial charge in [0.25, 0.3) is 0 Å². The number of nitrogens with one attached hydrogen (secondary N) is 2. The molecule has 0 aromatic heterocycles. The molecule has 0 heterocycles. The van der Waals surface area contributed by atoms with Crippen LogP contribution in [0.15, 0.2) is 0 Å². The van der Waals surface area contributed by atoms with E-state index in [1.54, 1.807) is 5.32 Å². The fraction of sp³-hybridized carbons (Fsp3) is 0.250. The van der Waals surface area contributed by atoms with Crippen LogP contribution in [0.5, 0.6) is 0 Å². The zero-order valence-corrected chi connectivity index (χ0v) is 5.30. The Labute approximate surface area is 56.8 Å². The minimum Gasteiger partial charge on any atom is -0.351 e. The summed E-state index contributed by atoms with van der Waals surface area (Å²) in [6, 6.07) is -1.05. The first-order valence-electron chi connectivity index (χ1n) is 2.40. The Hall–Kier alpha value is -1.59. The highest BCUT2D eigenvalue weighted by atomic mass is 16.2. The number of carbonyl (C=O) groups excluding carboxylic acids is 3. The van der Waals surface area contributed by atoms with E-state index in [1.807, 2.05) is 5.32 Å². The summed E-state index contributed by atoms with van der Waals surface area (Å²) in [4.78, 5) is 30.6. The number of hydrogen-bond donors (Lipinski definition) is 3. The van der Waals surface area contributed by atoms with Crippen LogP contribution in [0.25, 0.3) is 0 Å². The summed E-state index contributed by atoms with van der Waals surface area (Å²) < 4.78 is 0. The van der Waals surface area contributed by atoms with E-state index in [0.717, 1.165) is 0 Å². The molecule has 0 bridgehead atoms. The number of hydrogen-bond acceptors (Lipinski definition) is 3. The SMILES string of the molecule is CNC(=O)C(=O)NC(N)=O. The molecule has 6 nitrogen and oxygen atoms in total. The van der Waals surface area contributed by atoms with Crippen molar-refractivity contribution in [3.8, 4) is 0 Å². The summed E-state index contributed by atoms with van der Waals surface area (Å²) in [6.07, 6.45) is 0. The van der Waals surface area contributed by atoms with Crippen LogP contribution in [0, 0.1) is 0 Å². The molecular weight excluding hydrogens is 138 g/mol. The van der Waals surface area contributed by atoms with Crippen molar-refractivity contribution in [2.24, 2.45) is 5.73 Å². The molecule has 0 aromatic rings. The topological polar surface area (TPSA) is 101 Å². The summed E-state index contributed by atoms with van der Waals surface area (Å²) in [7, 11) is 1.27. The molecule has 0 unspecified atom stereocenters. The van der Waals surface area contributed by atoms with Gasteiger partial charge in [-0.15, -0.1) is 0 Å². The number of primary amides is 1. The Balaban J connectivity index is 3.86. The van der Waals surface area contributed by atoms with E-state index in [-0.39, 0.29) is 0 Å². The molecule has 4 N–H and O–H groups in total. The Bertz CT molecular complexity index is 177. The van der Waals surface area contributed by atoms with E-state index in [2.05, 4.69) is 5.73 Å². The molecule has 0 aliphatic carbocycles. The summed E-state index contributed by atoms with van der Waals surface area (Å²) in [5, 5.41) is 3.59. The van der Waals surface area contributed by atoms with Crippen LogP contribution in [0.2, 0.25) is 0 Å². The predicted octanol–water partition coefficient (Wildman–Crippen LogP) is -2.07. The Morgan fingerprint density at radius 2 is 1.70 bits per heavy atom. The second kappa shape index (κ2) is 3.44. The van der Waals surface area contributed by atoms with Crippen LogP contribution in [0.1, 0.15) is 0 Å². The molecule has 10 heavy (non-hydrogen) atoms. The number of urea groups is 1. The third-order valence-electron chi connectivity index (χ3n) is 0.670. The zero-order chi connectivity index (χ0) is 8.15. The van der Waals surface area contributed by atoms with Crippen LogP contribution < -0.4 is 16.4 Å². The Morgan fingerprint density at radius 3 is 2.00 bits per heavy atom. The highest BCUT2D eigenvalue weighted by Gasteiger charge is 2.11.